The van der Waals surface area contributed by atoms with Crippen LogP contribution in [0.25, 0.3) is 11.3 Å². The van der Waals surface area contributed by atoms with Crippen LogP contribution in [-0.4, -0.2) is 26.8 Å². The average molecular weight is 418 g/mol. The number of benzene rings is 2. The van der Waals surface area contributed by atoms with Crippen molar-refractivity contribution in [2.45, 2.75) is 45.6 Å². The van der Waals surface area contributed by atoms with E-state index in [4.69, 9.17) is 0 Å². The van der Waals surface area contributed by atoms with Gasteiger partial charge >= 0.3 is 6.03 Å². The Morgan fingerprint density at radius 2 is 1.87 bits per heavy atom. The van der Waals surface area contributed by atoms with Gasteiger partial charge in [-0.3, -0.25) is 4.79 Å². The van der Waals surface area contributed by atoms with E-state index in [1.54, 1.807) is 19.1 Å². The summed E-state index contributed by atoms with van der Waals surface area (Å²) in [6.45, 7) is 4.20. The van der Waals surface area contributed by atoms with Crippen LogP contribution in [0.15, 0.2) is 48.5 Å². The fourth-order valence-electron chi connectivity index (χ4n) is 3.39. The van der Waals surface area contributed by atoms with Crippen LogP contribution in [-0.2, 0) is 11.3 Å². The Kier molecular flexibility index (Phi) is 5.75. The van der Waals surface area contributed by atoms with E-state index in [1.807, 2.05) is 37.3 Å². The molecular formula is C24H26N4O3. The lowest BCUT2D eigenvalue weighted by molar-refractivity contribution is -0.115. The third kappa shape index (κ3) is 4.77. The van der Waals surface area contributed by atoms with E-state index >= 15 is 0 Å². The first-order valence-electron chi connectivity index (χ1n) is 10.5. The zero-order valence-corrected chi connectivity index (χ0v) is 17.7. The minimum absolute atomic E-state index is 0.0431. The number of rotatable bonds is 6. The van der Waals surface area contributed by atoms with Crippen molar-refractivity contribution < 1.29 is 14.7 Å². The van der Waals surface area contributed by atoms with Gasteiger partial charge in [0.2, 0.25) is 5.91 Å². The first-order valence-corrected chi connectivity index (χ1v) is 10.5. The van der Waals surface area contributed by atoms with E-state index in [9.17, 15) is 14.7 Å². The molecule has 3 aromatic rings. The van der Waals surface area contributed by atoms with E-state index in [2.05, 4.69) is 15.7 Å². The lowest BCUT2D eigenvalue weighted by Gasteiger charge is -2.08. The predicted molar refractivity (Wildman–Crippen MR) is 119 cm³/mol. The third-order valence-corrected chi connectivity index (χ3v) is 5.37. The molecule has 31 heavy (non-hydrogen) atoms. The monoisotopic (exact) mass is 418 g/mol. The Bertz CT molecular complexity index is 1110. The van der Waals surface area contributed by atoms with Crippen LogP contribution in [0.2, 0.25) is 0 Å². The van der Waals surface area contributed by atoms with Gasteiger partial charge in [0.15, 0.2) is 0 Å². The van der Waals surface area contributed by atoms with Crippen LogP contribution in [0.3, 0.4) is 0 Å². The number of aryl methyl sites for hydroxylation is 1. The van der Waals surface area contributed by atoms with Crippen LogP contribution >= 0.6 is 0 Å². The Balaban J connectivity index is 1.59. The first-order chi connectivity index (χ1) is 14.9. The summed E-state index contributed by atoms with van der Waals surface area (Å²) in [6.07, 6.45) is 2.38. The molecule has 0 saturated heterocycles. The first kappa shape index (κ1) is 20.7. The molecule has 1 heterocycles. The predicted octanol–water partition coefficient (Wildman–Crippen LogP) is 4.55. The van der Waals surface area contributed by atoms with Gasteiger partial charge in [-0.1, -0.05) is 36.8 Å². The lowest BCUT2D eigenvalue weighted by atomic mass is 10.1. The summed E-state index contributed by atoms with van der Waals surface area (Å²) in [5.41, 5.74) is 4.56. The minimum Gasteiger partial charge on any atom is -0.507 e. The number of hydrogen-bond donors (Lipinski definition) is 3. The number of hydrogen-bond acceptors (Lipinski definition) is 4. The molecule has 0 bridgehead atoms. The van der Waals surface area contributed by atoms with Crippen LogP contribution in [0.1, 0.15) is 48.9 Å². The molecule has 0 spiro atoms. The van der Waals surface area contributed by atoms with E-state index in [0.717, 1.165) is 24.1 Å². The number of aromatic hydroxyl groups is 1. The smallest absolute Gasteiger partial charge is 0.342 e. The SMILES string of the molecule is CCC(=O)Nc1ccc(O)c(-c2cc(C3CC3)n(C(=O)NCc3ccc(C)cc3)n2)c1. The Morgan fingerprint density at radius 3 is 2.55 bits per heavy atom. The molecule has 160 valence electrons. The van der Waals surface area contributed by atoms with E-state index in [0.29, 0.717) is 29.9 Å². The normalized spacial score (nSPS) is 13.1. The Morgan fingerprint density at radius 1 is 1.13 bits per heavy atom. The summed E-state index contributed by atoms with van der Waals surface area (Å²) in [5, 5.41) is 20.6. The number of phenols is 1. The van der Waals surface area contributed by atoms with Crippen molar-refractivity contribution in [3.8, 4) is 17.0 Å². The molecular weight excluding hydrogens is 392 g/mol. The molecule has 0 atom stereocenters. The number of carbonyl (C=O) groups excluding carboxylic acids is 2. The summed E-state index contributed by atoms with van der Waals surface area (Å²) >= 11 is 0. The molecule has 7 heteroatoms. The number of aromatic nitrogens is 2. The zero-order valence-electron chi connectivity index (χ0n) is 17.7. The molecule has 4 rings (SSSR count). The van der Waals surface area contributed by atoms with Crippen molar-refractivity contribution in [3.05, 3.63) is 65.4 Å². The maximum atomic E-state index is 12.9. The Hall–Kier alpha value is -3.61. The maximum absolute atomic E-state index is 12.9. The van der Waals surface area contributed by atoms with Gasteiger partial charge in [-0.15, -0.1) is 0 Å². The number of amides is 2. The van der Waals surface area contributed by atoms with Gasteiger partial charge < -0.3 is 15.7 Å². The molecule has 2 amide bonds. The van der Waals surface area contributed by atoms with Gasteiger partial charge in [0, 0.05) is 30.1 Å². The average Bonchev–Trinajstić information content (AvgIpc) is 3.52. The van der Waals surface area contributed by atoms with Crippen molar-refractivity contribution >= 4 is 17.6 Å². The minimum atomic E-state index is -0.302. The van der Waals surface area contributed by atoms with Gasteiger partial charge in [-0.2, -0.15) is 9.78 Å². The Labute approximate surface area is 181 Å². The van der Waals surface area contributed by atoms with Crippen LogP contribution in [0, 0.1) is 6.92 Å². The molecule has 1 saturated carbocycles. The number of nitrogens with zero attached hydrogens (tertiary/aromatic N) is 2. The summed E-state index contributed by atoms with van der Waals surface area (Å²) < 4.78 is 1.40. The van der Waals surface area contributed by atoms with Gasteiger partial charge in [-0.05, 0) is 49.6 Å². The maximum Gasteiger partial charge on any atom is 0.342 e. The molecule has 7 nitrogen and oxygen atoms in total. The van der Waals surface area contributed by atoms with E-state index in [-0.39, 0.29) is 23.6 Å². The quantitative estimate of drug-likeness (QED) is 0.512. The van der Waals surface area contributed by atoms with Gasteiger partial charge in [0.05, 0.1) is 11.4 Å². The molecule has 3 N–H and O–H groups in total. The van der Waals surface area contributed by atoms with Gasteiger partial charge in [0.25, 0.3) is 0 Å². The van der Waals surface area contributed by atoms with Crippen molar-refractivity contribution in [3.63, 3.8) is 0 Å². The van der Waals surface area contributed by atoms with Crippen molar-refractivity contribution in [1.82, 2.24) is 15.1 Å². The van der Waals surface area contributed by atoms with Crippen molar-refractivity contribution in [2.75, 3.05) is 5.32 Å². The molecule has 1 aliphatic rings. The fourth-order valence-corrected chi connectivity index (χ4v) is 3.39. The van der Waals surface area contributed by atoms with E-state index in [1.165, 1.54) is 16.3 Å². The largest absolute Gasteiger partial charge is 0.507 e. The summed E-state index contributed by atoms with van der Waals surface area (Å²) in [4.78, 5) is 24.6. The lowest BCUT2D eigenvalue weighted by Crippen LogP contribution is -2.30. The number of phenolic OH excluding ortho intramolecular Hbond substituents is 1. The standard InChI is InChI=1S/C24H26N4O3/c1-3-23(30)26-18-10-11-22(29)19(12-18)20-13-21(17-8-9-17)28(27-20)24(31)25-14-16-6-4-15(2)5-7-16/h4-7,10-13,17,29H,3,8-9,14H2,1-2H3,(H,25,31)(H,26,30). The molecule has 0 aliphatic heterocycles. The molecule has 1 aromatic heterocycles. The highest BCUT2D eigenvalue weighted by atomic mass is 16.3. The number of carbonyl (C=O) groups is 2. The van der Waals surface area contributed by atoms with Crippen molar-refractivity contribution in [1.29, 1.82) is 0 Å². The van der Waals surface area contributed by atoms with Crippen LogP contribution in [0.5, 0.6) is 5.75 Å². The van der Waals surface area contributed by atoms with E-state index < -0.39 is 0 Å². The summed E-state index contributed by atoms with van der Waals surface area (Å²) in [6, 6.07) is 14.4. The molecule has 0 radical (unpaired) electrons. The molecule has 1 fully saturated rings. The van der Waals surface area contributed by atoms with Crippen LogP contribution < -0.4 is 10.6 Å². The zero-order chi connectivity index (χ0) is 22.0. The van der Waals surface area contributed by atoms with Gasteiger partial charge in [-0.25, -0.2) is 4.79 Å². The number of anilines is 1. The summed E-state index contributed by atoms with van der Waals surface area (Å²) in [7, 11) is 0. The topological polar surface area (TPSA) is 96.2 Å². The molecule has 2 aromatic carbocycles. The fraction of sp³-hybridized carbons (Fsp3) is 0.292. The second kappa shape index (κ2) is 8.63. The van der Waals surface area contributed by atoms with Crippen molar-refractivity contribution in [2.24, 2.45) is 0 Å². The second-order valence-corrected chi connectivity index (χ2v) is 7.92. The van der Waals surface area contributed by atoms with Crippen LogP contribution in [0.4, 0.5) is 10.5 Å². The molecule has 0 unspecified atom stereocenters. The highest BCUT2D eigenvalue weighted by molar-refractivity contribution is 5.91. The molecule has 1 aliphatic carbocycles. The van der Waals surface area contributed by atoms with Gasteiger partial charge in [0.1, 0.15) is 5.75 Å². The number of nitrogens with one attached hydrogen (secondary N) is 2. The highest BCUT2D eigenvalue weighted by Crippen LogP contribution is 2.42. The second-order valence-electron chi connectivity index (χ2n) is 7.92. The summed E-state index contributed by atoms with van der Waals surface area (Å²) in [5.74, 6) is 0.217. The third-order valence-electron chi connectivity index (χ3n) is 5.37. The highest BCUT2D eigenvalue weighted by Gasteiger charge is 2.30.